The molecule has 0 aliphatic carbocycles. The molecular weight excluding hydrogens is 220 g/mol. The van der Waals surface area contributed by atoms with Gasteiger partial charge in [-0.15, -0.1) is 0 Å². The van der Waals surface area contributed by atoms with Crippen LogP contribution >= 0.6 is 0 Å². The van der Waals surface area contributed by atoms with E-state index in [2.05, 4.69) is 41.5 Å². The summed E-state index contributed by atoms with van der Waals surface area (Å²) in [5.74, 6) is 0. The van der Waals surface area contributed by atoms with Gasteiger partial charge < -0.3 is 5.32 Å². The maximum absolute atomic E-state index is 4.46. The van der Waals surface area contributed by atoms with E-state index in [1.54, 1.807) is 0 Å². The molecular formula is C16H20N2. The van der Waals surface area contributed by atoms with E-state index in [0.29, 0.717) is 0 Å². The van der Waals surface area contributed by atoms with Crippen LogP contribution in [-0.4, -0.2) is 11.5 Å². The van der Waals surface area contributed by atoms with Gasteiger partial charge in [0, 0.05) is 17.1 Å². The summed E-state index contributed by atoms with van der Waals surface area (Å²) in [4.78, 5) is 4.46. The van der Waals surface area contributed by atoms with Gasteiger partial charge in [-0.05, 0) is 44.0 Å². The molecule has 1 saturated heterocycles. The first-order valence-electron chi connectivity index (χ1n) is 6.89. The standard InChI is InChI=1S/C16H20N2/c1-16(10-3-2-4-12-18-16)14-8-5-9-15-13(14)7-6-11-17-15/h5-9,11,18H,2-4,10,12H2,1H3. The lowest BCUT2D eigenvalue weighted by Gasteiger charge is -2.31. The van der Waals surface area contributed by atoms with E-state index in [4.69, 9.17) is 0 Å². The Bertz CT molecular complexity index is 534. The van der Waals surface area contributed by atoms with Crippen molar-refractivity contribution in [3.8, 4) is 0 Å². The number of hydrogen-bond acceptors (Lipinski definition) is 2. The number of benzene rings is 1. The van der Waals surface area contributed by atoms with Crippen molar-refractivity contribution >= 4 is 10.9 Å². The maximum atomic E-state index is 4.46. The van der Waals surface area contributed by atoms with Crippen molar-refractivity contribution in [3.63, 3.8) is 0 Å². The second-order valence-electron chi connectivity index (χ2n) is 5.45. The number of fused-ring (bicyclic) bond motifs is 1. The van der Waals surface area contributed by atoms with Gasteiger partial charge in [-0.2, -0.15) is 0 Å². The van der Waals surface area contributed by atoms with Crippen molar-refractivity contribution in [2.75, 3.05) is 6.54 Å². The molecule has 2 aromatic rings. The summed E-state index contributed by atoms with van der Waals surface area (Å²) in [6, 6.07) is 10.7. The van der Waals surface area contributed by atoms with Crippen molar-refractivity contribution in [3.05, 3.63) is 42.1 Å². The predicted molar refractivity (Wildman–Crippen MR) is 75.6 cm³/mol. The lowest BCUT2D eigenvalue weighted by molar-refractivity contribution is 0.362. The summed E-state index contributed by atoms with van der Waals surface area (Å²) < 4.78 is 0. The van der Waals surface area contributed by atoms with Crippen LogP contribution in [0.3, 0.4) is 0 Å². The van der Waals surface area contributed by atoms with Crippen molar-refractivity contribution in [1.82, 2.24) is 10.3 Å². The first-order chi connectivity index (χ1) is 8.80. The Morgan fingerprint density at radius 1 is 1.11 bits per heavy atom. The maximum Gasteiger partial charge on any atom is 0.0705 e. The molecule has 0 amide bonds. The molecule has 3 rings (SSSR count). The number of aromatic nitrogens is 1. The Balaban J connectivity index is 2.12. The monoisotopic (exact) mass is 240 g/mol. The summed E-state index contributed by atoms with van der Waals surface area (Å²) in [7, 11) is 0. The van der Waals surface area contributed by atoms with Gasteiger partial charge in [0.15, 0.2) is 0 Å². The fourth-order valence-corrected chi connectivity index (χ4v) is 3.05. The minimum Gasteiger partial charge on any atom is -0.308 e. The lowest BCUT2D eigenvalue weighted by atomic mass is 9.85. The third-order valence-electron chi connectivity index (χ3n) is 4.11. The molecule has 1 N–H and O–H groups in total. The summed E-state index contributed by atoms with van der Waals surface area (Å²) in [6.07, 6.45) is 7.01. The van der Waals surface area contributed by atoms with Gasteiger partial charge in [0.2, 0.25) is 0 Å². The summed E-state index contributed by atoms with van der Waals surface area (Å²) >= 11 is 0. The number of rotatable bonds is 1. The first-order valence-corrected chi connectivity index (χ1v) is 6.89. The molecule has 94 valence electrons. The third kappa shape index (κ3) is 2.01. The summed E-state index contributed by atoms with van der Waals surface area (Å²) in [5, 5.41) is 5.03. The van der Waals surface area contributed by atoms with Crippen LogP contribution in [0.4, 0.5) is 0 Å². The number of hydrogen-bond donors (Lipinski definition) is 1. The lowest BCUT2D eigenvalue weighted by Crippen LogP contribution is -2.38. The van der Waals surface area contributed by atoms with Gasteiger partial charge in [-0.3, -0.25) is 4.98 Å². The zero-order valence-electron chi connectivity index (χ0n) is 10.9. The quantitative estimate of drug-likeness (QED) is 0.823. The van der Waals surface area contributed by atoms with Crippen LogP contribution in [0.15, 0.2) is 36.5 Å². The molecule has 1 unspecified atom stereocenters. The molecule has 1 aliphatic rings. The highest BCUT2D eigenvalue weighted by Crippen LogP contribution is 2.33. The molecule has 1 aromatic carbocycles. The van der Waals surface area contributed by atoms with Gasteiger partial charge in [0.25, 0.3) is 0 Å². The van der Waals surface area contributed by atoms with Crippen LogP contribution in [-0.2, 0) is 5.54 Å². The first kappa shape index (κ1) is 11.7. The zero-order chi connectivity index (χ0) is 12.4. The van der Waals surface area contributed by atoms with E-state index in [9.17, 15) is 0 Å². The Kier molecular flexibility index (Phi) is 3.04. The second-order valence-corrected chi connectivity index (χ2v) is 5.45. The molecule has 18 heavy (non-hydrogen) atoms. The fourth-order valence-electron chi connectivity index (χ4n) is 3.05. The Hall–Kier alpha value is -1.41. The van der Waals surface area contributed by atoms with Gasteiger partial charge in [0.1, 0.15) is 0 Å². The van der Waals surface area contributed by atoms with Crippen LogP contribution in [0.2, 0.25) is 0 Å². The van der Waals surface area contributed by atoms with Crippen LogP contribution in [0.5, 0.6) is 0 Å². The SMILES string of the molecule is CC1(c2cccc3ncccc23)CCCCCN1. The van der Waals surface area contributed by atoms with Gasteiger partial charge >= 0.3 is 0 Å². The van der Waals surface area contributed by atoms with Crippen molar-refractivity contribution in [2.45, 2.75) is 38.1 Å². The fraction of sp³-hybridized carbons (Fsp3) is 0.438. The molecule has 1 aliphatic heterocycles. The second kappa shape index (κ2) is 4.69. The highest BCUT2D eigenvalue weighted by atomic mass is 15.0. The molecule has 2 nitrogen and oxygen atoms in total. The van der Waals surface area contributed by atoms with E-state index in [1.807, 2.05) is 12.3 Å². The molecule has 2 heteroatoms. The number of pyridine rings is 1. The van der Waals surface area contributed by atoms with Crippen molar-refractivity contribution in [2.24, 2.45) is 0 Å². The van der Waals surface area contributed by atoms with Gasteiger partial charge in [-0.1, -0.05) is 31.0 Å². The minimum absolute atomic E-state index is 0.0963. The predicted octanol–water partition coefficient (Wildman–Crippen LogP) is 3.61. The highest BCUT2D eigenvalue weighted by Gasteiger charge is 2.28. The van der Waals surface area contributed by atoms with E-state index in [0.717, 1.165) is 12.1 Å². The Morgan fingerprint density at radius 2 is 2.06 bits per heavy atom. The topological polar surface area (TPSA) is 24.9 Å². The molecule has 2 heterocycles. The Morgan fingerprint density at radius 3 is 3.00 bits per heavy atom. The van der Waals surface area contributed by atoms with E-state index in [-0.39, 0.29) is 5.54 Å². The van der Waals surface area contributed by atoms with Gasteiger partial charge in [0.05, 0.1) is 5.52 Å². The van der Waals surface area contributed by atoms with E-state index in [1.165, 1.54) is 36.6 Å². The third-order valence-corrected chi connectivity index (χ3v) is 4.11. The largest absolute Gasteiger partial charge is 0.308 e. The normalized spacial score (nSPS) is 24.9. The van der Waals surface area contributed by atoms with Crippen molar-refractivity contribution < 1.29 is 0 Å². The minimum atomic E-state index is 0.0963. The van der Waals surface area contributed by atoms with E-state index >= 15 is 0 Å². The number of nitrogens with one attached hydrogen (secondary N) is 1. The molecule has 1 atom stereocenters. The summed E-state index contributed by atoms with van der Waals surface area (Å²) in [5.41, 5.74) is 2.59. The number of nitrogens with zero attached hydrogens (tertiary/aromatic N) is 1. The van der Waals surface area contributed by atoms with Gasteiger partial charge in [-0.25, -0.2) is 0 Å². The highest BCUT2D eigenvalue weighted by molar-refractivity contribution is 5.83. The van der Waals surface area contributed by atoms with Crippen LogP contribution < -0.4 is 5.32 Å². The van der Waals surface area contributed by atoms with E-state index < -0.39 is 0 Å². The molecule has 0 bridgehead atoms. The smallest absolute Gasteiger partial charge is 0.0705 e. The molecule has 1 fully saturated rings. The molecule has 1 aromatic heterocycles. The average Bonchev–Trinajstić information content (AvgIpc) is 2.64. The molecule has 0 radical (unpaired) electrons. The summed E-state index contributed by atoms with van der Waals surface area (Å²) in [6.45, 7) is 3.45. The van der Waals surface area contributed by atoms with Crippen LogP contribution in [0.25, 0.3) is 10.9 Å². The average molecular weight is 240 g/mol. The van der Waals surface area contributed by atoms with Crippen LogP contribution in [0.1, 0.15) is 38.2 Å². The molecule has 0 spiro atoms. The van der Waals surface area contributed by atoms with Crippen molar-refractivity contribution in [1.29, 1.82) is 0 Å². The zero-order valence-corrected chi connectivity index (χ0v) is 10.9. The molecule has 0 saturated carbocycles. The van der Waals surface area contributed by atoms with Crippen LogP contribution in [0, 0.1) is 0 Å². The Labute approximate surface area is 108 Å².